The Labute approximate surface area is 182 Å². The Balaban J connectivity index is 1.47. The van der Waals surface area contributed by atoms with Crippen molar-refractivity contribution in [3.63, 3.8) is 0 Å². The number of benzene rings is 1. The molecular formula is C23H29N7O. The fourth-order valence-corrected chi connectivity index (χ4v) is 3.68. The van der Waals surface area contributed by atoms with Gasteiger partial charge < -0.3 is 20.8 Å². The first-order chi connectivity index (χ1) is 15.0. The Kier molecular flexibility index (Phi) is 5.97. The third kappa shape index (κ3) is 5.07. The zero-order valence-corrected chi connectivity index (χ0v) is 17.8. The van der Waals surface area contributed by atoms with E-state index in [1.165, 1.54) is 12.5 Å². The predicted molar refractivity (Wildman–Crippen MR) is 124 cm³/mol. The molecule has 0 radical (unpaired) electrons. The largest absolute Gasteiger partial charge is 0.488 e. The van der Waals surface area contributed by atoms with Gasteiger partial charge in [-0.15, -0.1) is 0 Å². The number of hydrogen-bond donors (Lipinski definition) is 3. The molecule has 1 aliphatic heterocycles. The number of nitrogens with zero attached hydrogens (tertiary/aromatic N) is 4. The van der Waals surface area contributed by atoms with Gasteiger partial charge in [0.1, 0.15) is 23.5 Å². The first-order valence-electron chi connectivity index (χ1n) is 10.7. The van der Waals surface area contributed by atoms with Gasteiger partial charge in [0.2, 0.25) is 0 Å². The van der Waals surface area contributed by atoms with Gasteiger partial charge in [-0.25, -0.2) is 9.97 Å². The van der Waals surface area contributed by atoms with Gasteiger partial charge in [0.25, 0.3) is 0 Å². The maximum atomic E-state index is 8.71. The van der Waals surface area contributed by atoms with E-state index in [9.17, 15) is 0 Å². The van der Waals surface area contributed by atoms with Crippen LogP contribution in [0.5, 0.6) is 5.75 Å². The van der Waals surface area contributed by atoms with Crippen LogP contribution in [0.2, 0.25) is 0 Å². The third-order valence-electron chi connectivity index (χ3n) is 5.85. The highest BCUT2D eigenvalue weighted by Crippen LogP contribution is 2.40. The lowest BCUT2D eigenvalue weighted by atomic mass is 10.0. The van der Waals surface area contributed by atoms with Crippen LogP contribution in [0.15, 0.2) is 35.6 Å². The second-order valence-corrected chi connectivity index (χ2v) is 8.43. The van der Waals surface area contributed by atoms with Crippen molar-refractivity contribution in [2.24, 2.45) is 4.99 Å². The van der Waals surface area contributed by atoms with Crippen molar-refractivity contribution in [1.82, 2.24) is 9.97 Å². The van der Waals surface area contributed by atoms with E-state index in [1.54, 1.807) is 6.07 Å². The summed E-state index contributed by atoms with van der Waals surface area (Å²) >= 11 is 0. The van der Waals surface area contributed by atoms with Crippen LogP contribution in [0.1, 0.15) is 50.3 Å². The lowest BCUT2D eigenvalue weighted by Crippen LogP contribution is -2.36. The molecule has 1 aliphatic carbocycles. The summed E-state index contributed by atoms with van der Waals surface area (Å²) in [6.07, 6.45) is 9.25. The number of anilines is 2. The van der Waals surface area contributed by atoms with Gasteiger partial charge in [0.05, 0.1) is 17.4 Å². The minimum atomic E-state index is -0.0900. The molecule has 8 nitrogen and oxygen atoms in total. The van der Waals surface area contributed by atoms with Crippen LogP contribution in [-0.2, 0) is 0 Å². The van der Waals surface area contributed by atoms with Gasteiger partial charge in [-0.1, -0.05) is 0 Å². The Hall–Kier alpha value is -3.29. The van der Waals surface area contributed by atoms with Crippen molar-refractivity contribution in [3.8, 4) is 5.75 Å². The number of nitrogens with one attached hydrogen (secondary N) is 2. The van der Waals surface area contributed by atoms with Crippen molar-refractivity contribution in [1.29, 1.82) is 10.8 Å². The van der Waals surface area contributed by atoms with E-state index in [0.29, 0.717) is 29.4 Å². The number of rotatable bonds is 8. The molecule has 2 fully saturated rings. The number of piperidine rings is 1. The smallest absolute Gasteiger partial charge is 0.132 e. The summed E-state index contributed by atoms with van der Waals surface area (Å²) in [5.41, 5.74) is 8.03. The number of nitrogen functional groups attached to an aromatic ring is 1. The second kappa shape index (κ2) is 8.83. The minimum absolute atomic E-state index is 0.0900. The summed E-state index contributed by atoms with van der Waals surface area (Å²) in [5.74, 6) is 1.54. The molecule has 31 heavy (non-hydrogen) atoms. The highest BCUT2D eigenvalue weighted by atomic mass is 16.5. The normalized spacial score (nSPS) is 18.2. The van der Waals surface area contributed by atoms with Gasteiger partial charge in [0.15, 0.2) is 0 Å². The Morgan fingerprint density at radius 3 is 2.77 bits per heavy atom. The molecule has 4 N–H and O–H groups in total. The fourth-order valence-electron chi connectivity index (χ4n) is 3.68. The summed E-state index contributed by atoms with van der Waals surface area (Å²) in [4.78, 5) is 15.5. The van der Waals surface area contributed by atoms with E-state index in [4.69, 9.17) is 21.3 Å². The van der Waals surface area contributed by atoms with Crippen LogP contribution in [0.4, 0.5) is 11.5 Å². The topological polar surface area (TPSA) is 124 Å². The van der Waals surface area contributed by atoms with Crippen LogP contribution in [0.3, 0.4) is 0 Å². The summed E-state index contributed by atoms with van der Waals surface area (Å²) in [5, 5.41) is 15.8. The number of hydrogen-bond acceptors (Lipinski definition) is 8. The van der Waals surface area contributed by atoms with Gasteiger partial charge in [-0.3, -0.25) is 10.4 Å². The van der Waals surface area contributed by atoms with Crippen LogP contribution in [0.25, 0.3) is 0 Å². The highest BCUT2D eigenvalue weighted by Gasteiger charge is 2.40. The second-order valence-electron chi connectivity index (χ2n) is 8.43. The lowest BCUT2D eigenvalue weighted by Gasteiger charge is -2.31. The third-order valence-corrected chi connectivity index (χ3v) is 5.85. The zero-order chi connectivity index (χ0) is 21.8. The Bertz CT molecular complexity index is 991. The molecule has 2 aromatic rings. The summed E-state index contributed by atoms with van der Waals surface area (Å²) in [6, 6.07) is 7.63. The van der Waals surface area contributed by atoms with Crippen molar-refractivity contribution >= 4 is 29.6 Å². The number of nitrogens with two attached hydrogens (primary N) is 1. The van der Waals surface area contributed by atoms with Crippen LogP contribution >= 0.6 is 0 Å². The summed E-state index contributed by atoms with van der Waals surface area (Å²) in [7, 11) is 0. The first kappa shape index (κ1) is 21.0. The molecule has 0 bridgehead atoms. The van der Waals surface area contributed by atoms with E-state index in [1.807, 2.05) is 24.4 Å². The van der Waals surface area contributed by atoms with Crippen molar-refractivity contribution in [3.05, 3.63) is 41.9 Å². The average molecular weight is 420 g/mol. The van der Waals surface area contributed by atoms with E-state index < -0.39 is 0 Å². The molecule has 1 saturated heterocycles. The molecule has 0 spiro atoms. The molecule has 8 heteroatoms. The molecule has 0 atom stereocenters. The van der Waals surface area contributed by atoms with E-state index in [2.05, 4.69) is 26.8 Å². The molecular weight excluding hydrogens is 390 g/mol. The molecule has 1 saturated carbocycles. The van der Waals surface area contributed by atoms with Crippen molar-refractivity contribution in [2.75, 3.05) is 23.7 Å². The van der Waals surface area contributed by atoms with E-state index >= 15 is 0 Å². The van der Waals surface area contributed by atoms with Gasteiger partial charge >= 0.3 is 0 Å². The quantitative estimate of drug-likeness (QED) is 0.446. The molecule has 2 heterocycles. The maximum Gasteiger partial charge on any atom is 0.132 e. The Morgan fingerprint density at radius 2 is 2.06 bits per heavy atom. The van der Waals surface area contributed by atoms with Crippen LogP contribution in [0, 0.1) is 10.8 Å². The summed E-state index contributed by atoms with van der Waals surface area (Å²) < 4.78 is 6.04. The first-order valence-corrected chi connectivity index (χ1v) is 10.7. The SMILES string of the molecule is CC1(Oc2ccc(N)c(C(=N)c3cc(N4CCC(N=CCC=N)CC4)ncn3)c2)CC1. The van der Waals surface area contributed by atoms with Crippen LogP contribution < -0.4 is 15.4 Å². The zero-order valence-electron chi connectivity index (χ0n) is 17.8. The fraction of sp³-hybridized carbons (Fsp3) is 0.435. The van der Waals surface area contributed by atoms with Gasteiger partial charge in [-0.2, -0.15) is 0 Å². The minimum Gasteiger partial charge on any atom is -0.488 e. The maximum absolute atomic E-state index is 8.71. The molecule has 0 amide bonds. The van der Waals surface area contributed by atoms with E-state index in [0.717, 1.165) is 50.3 Å². The van der Waals surface area contributed by atoms with E-state index in [-0.39, 0.29) is 11.3 Å². The van der Waals surface area contributed by atoms with Crippen LogP contribution in [-0.4, -0.2) is 52.8 Å². The van der Waals surface area contributed by atoms with Gasteiger partial charge in [-0.05, 0) is 50.8 Å². The van der Waals surface area contributed by atoms with Gasteiger partial charge in [0, 0.05) is 49.3 Å². The number of ether oxygens (including phenoxy) is 1. The number of aliphatic imine (C=N–C) groups is 1. The molecule has 1 aromatic carbocycles. The summed E-state index contributed by atoms with van der Waals surface area (Å²) in [6.45, 7) is 3.79. The van der Waals surface area contributed by atoms with Crippen molar-refractivity contribution < 1.29 is 4.74 Å². The molecule has 0 unspecified atom stereocenters. The van der Waals surface area contributed by atoms with Crippen molar-refractivity contribution in [2.45, 2.75) is 50.7 Å². The molecule has 2 aliphatic rings. The standard InChI is InChI=1S/C23H29N7O/c1-23(7-8-23)31-17-3-4-19(25)18(13-17)22(26)20-14-21(29-15-28-20)30-11-5-16(6-12-30)27-10-2-9-24/h3-4,9-10,13-16,24,26H,2,5-8,11-12,25H2,1H3. The predicted octanol–water partition coefficient (Wildman–Crippen LogP) is 3.49. The molecule has 1 aromatic heterocycles. The molecule has 4 rings (SSSR count). The number of aromatic nitrogens is 2. The average Bonchev–Trinajstić information content (AvgIpc) is 3.52. The molecule has 162 valence electrons. The highest BCUT2D eigenvalue weighted by molar-refractivity contribution is 6.13. The monoisotopic (exact) mass is 419 g/mol. The lowest BCUT2D eigenvalue weighted by molar-refractivity contribution is 0.200. The Morgan fingerprint density at radius 1 is 1.29 bits per heavy atom.